The minimum atomic E-state index is 0.0327. The van der Waals surface area contributed by atoms with Gasteiger partial charge in [-0.15, -0.1) is 10.2 Å². The summed E-state index contributed by atoms with van der Waals surface area (Å²) in [5, 5.41) is 14.8. The van der Waals surface area contributed by atoms with Crippen LogP contribution in [0.25, 0.3) is 0 Å². The molecular weight excluding hydrogens is 320 g/mol. The van der Waals surface area contributed by atoms with E-state index < -0.39 is 0 Å². The Labute approximate surface area is 145 Å². The van der Waals surface area contributed by atoms with Gasteiger partial charge in [-0.1, -0.05) is 23.9 Å². The molecule has 1 aromatic heterocycles. The summed E-state index contributed by atoms with van der Waals surface area (Å²) in [6.07, 6.45) is 5.79. The summed E-state index contributed by atoms with van der Waals surface area (Å²) in [4.78, 5) is 0. The quantitative estimate of drug-likeness (QED) is 0.841. The lowest BCUT2D eigenvalue weighted by Gasteiger charge is -2.21. The van der Waals surface area contributed by atoms with E-state index >= 15 is 0 Å². The van der Waals surface area contributed by atoms with Crippen LogP contribution in [0.2, 0.25) is 0 Å². The van der Waals surface area contributed by atoms with Crippen LogP contribution in [0.3, 0.4) is 0 Å². The Balaban J connectivity index is 1.57. The van der Waals surface area contributed by atoms with Gasteiger partial charge in [0.2, 0.25) is 5.16 Å². The first-order chi connectivity index (χ1) is 11.8. The Kier molecular flexibility index (Phi) is 3.49. The summed E-state index contributed by atoms with van der Waals surface area (Å²) in [6, 6.07) is 6.83. The van der Waals surface area contributed by atoms with E-state index in [4.69, 9.17) is 9.84 Å². The number of thioether (sulfide) groups is 1. The third kappa shape index (κ3) is 2.31. The molecule has 24 heavy (non-hydrogen) atoms. The number of aryl methyl sites for hydroxylation is 2. The first-order valence-electron chi connectivity index (χ1n) is 8.74. The molecule has 124 valence electrons. The highest BCUT2D eigenvalue weighted by Gasteiger charge is 2.30. The summed E-state index contributed by atoms with van der Waals surface area (Å²) in [7, 11) is 0. The van der Waals surface area contributed by atoms with E-state index in [1.807, 2.05) is 4.68 Å². The molecule has 0 unspecified atom stereocenters. The maximum Gasteiger partial charge on any atom is 0.212 e. The highest BCUT2D eigenvalue weighted by Crippen LogP contribution is 2.35. The van der Waals surface area contributed by atoms with Gasteiger partial charge >= 0.3 is 0 Å². The summed E-state index contributed by atoms with van der Waals surface area (Å²) >= 11 is 1.73. The third-order valence-corrected chi connectivity index (χ3v) is 6.17. The smallest absolute Gasteiger partial charge is 0.212 e. The summed E-state index contributed by atoms with van der Waals surface area (Å²) < 4.78 is 7.70. The Bertz CT molecular complexity index is 822. The van der Waals surface area contributed by atoms with Crippen LogP contribution >= 0.6 is 11.8 Å². The van der Waals surface area contributed by atoms with Crippen molar-refractivity contribution in [1.82, 2.24) is 14.9 Å². The molecule has 2 aliphatic heterocycles. The monoisotopic (exact) mass is 340 g/mol. The molecule has 0 bridgehead atoms. The predicted molar refractivity (Wildman–Crippen MR) is 93.7 cm³/mol. The van der Waals surface area contributed by atoms with Crippen molar-refractivity contribution in [2.75, 3.05) is 6.61 Å². The Hall–Kier alpha value is -1.66. The van der Waals surface area contributed by atoms with Gasteiger partial charge in [-0.25, -0.2) is 0 Å². The molecule has 1 aromatic carbocycles. The highest BCUT2D eigenvalue weighted by atomic mass is 32.2. The number of benzene rings is 1. The molecule has 0 spiro atoms. The predicted octanol–water partition coefficient (Wildman–Crippen LogP) is 3.36. The van der Waals surface area contributed by atoms with Crippen LogP contribution in [-0.4, -0.2) is 32.4 Å². The molecule has 5 rings (SSSR count). The number of rotatable bonds is 2. The lowest BCUT2D eigenvalue weighted by molar-refractivity contribution is 0.102. The molecule has 0 saturated carbocycles. The number of fused-ring (bicyclic) bond motifs is 2. The fraction of sp³-hybridized carbons (Fsp3) is 0.500. The third-order valence-electron chi connectivity index (χ3n) is 5.12. The molecule has 1 saturated heterocycles. The minimum Gasteiger partial charge on any atom is -0.370 e. The Morgan fingerprint density at radius 3 is 2.96 bits per heavy atom. The van der Waals surface area contributed by atoms with E-state index in [1.165, 1.54) is 36.0 Å². The lowest BCUT2D eigenvalue weighted by Crippen LogP contribution is -2.23. The first kappa shape index (κ1) is 14.7. The molecule has 5 nitrogen and oxygen atoms in total. The van der Waals surface area contributed by atoms with Gasteiger partial charge in [-0.05, 0) is 61.8 Å². The molecule has 6 heteroatoms. The normalized spacial score (nSPS) is 25.5. The van der Waals surface area contributed by atoms with Crippen LogP contribution < -0.4 is 0 Å². The van der Waals surface area contributed by atoms with Crippen molar-refractivity contribution in [3.8, 4) is 0 Å². The van der Waals surface area contributed by atoms with Crippen LogP contribution in [0.5, 0.6) is 0 Å². The molecule has 2 atom stereocenters. The average Bonchev–Trinajstić information content (AvgIpc) is 3.33. The fourth-order valence-electron chi connectivity index (χ4n) is 3.85. The van der Waals surface area contributed by atoms with Crippen LogP contribution in [0, 0.1) is 0 Å². The zero-order valence-electron chi connectivity index (χ0n) is 13.7. The van der Waals surface area contributed by atoms with Gasteiger partial charge in [0.05, 0.1) is 11.0 Å². The lowest BCUT2D eigenvalue weighted by atomic mass is 10.0. The van der Waals surface area contributed by atoms with E-state index in [9.17, 15) is 0 Å². The van der Waals surface area contributed by atoms with Crippen molar-refractivity contribution >= 4 is 17.5 Å². The van der Waals surface area contributed by atoms with Crippen molar-refractivity contribution < 1.29 is 4.74 Å². The van der Waals surface area contributed by atoms with E-state index in [2.05, 4.69) is 35.3 Å². The van der Waals surface area contributed by atoms with Crippen molar-refractivity contribution in [2.24, 2.45) is 5.10 Å². The fourth-order valence-corrected chi connectivity index (χ4v) is 4.79. The van der Waals surface area contributed by atoms with Gasteiger partial charge in [0.15, 0.2) is 5.82 Å². The molecule has 3 heterocycles. The molecule has 1 aliphatic carbocycles. The van der Waals surface area contributed by atoms with Crippen molar-refractivity contribution in [3.63, 3.8) is 0 Å². The molecule has 1 fully saturated rings. The second-order valence-electron chi connectivity index (χ2n) is 6.74. The second-order valence-corrected chi connectivity index (χ2v) is 8.04. The Morgan fingerprint density at radius 2 is 2.08 bits per heavy atom. The molecule has 0 N–H and O–H groups in total. The molecule has 0 radical (unpaired) electrons. The number of ether oxygens (including phenoxy) is 1. The molecule has 2 aromatic rings. The number of hydrogen-bond donors (Lipinski definition) is 0. The number of hydrogen-bond acceptors (Lipinski definition) is 5. The van der Waals surface area contributed by atoms with Crippen LogP contribution in [-0.2, 0) is 17.6 Å². The second kappa shape index (κ2) is 5.70. The van der Waals surface area contributed by atoms with Crippen LogP contribution in [0.15, 0.2) is 28.5 Å². The van der Waals surface area contributed by atoms with Crippen molar-refractivity contribution in [3.05, 3.63) is 40.7 Å². The average molecular weight is 340 g/mol. The van der Waals surface area contributed by atoms with E-state index in [1.54, 1.807) is 11.8 Å². The SMILES string of the molecule is C[C@H]1Sc2nnc([C@@H]3CCCO3)n2N=C1c1ccc2c(c1)CCC2. The Morgan fingerprint density at radius 1 is 1.17 bits per heavy atom. The van der Waals surface area contributed by atoms with Gasteiger partial charge in [0.1, 0.15) is 6.10 Å². The minimum absolute atomic E-state index is 0.0327. The molecule has 0 amide bonds. The zero-order chi connectivity index (χ0) is 16.1. The largest absolute Gasteiger partial charge is 0.370 e. The summed E-state index contributed by atoms with van der Waals surface area (Å²) in [5.74, 6) is 0.848. The first-order valence-corrected chi connectivity index (χ1v) is 9.62. The molecule has 3 aliphatic rings. The maximum atomic E-state index is 5.79. The van der Waals surface area contributed by atoms with Crippen molar-refractivity contribution in [2.45, 2.75) is 55.5 Å². The standard InChI is InChI=1S/C18H20N4OS/c1-11-16(14-8-7-12-4-2-5-13(12)10-14)21-22-17(15-6-3-9-23-15)19-20-18(22)24-11/h7-8,10-11,15H,2-6,9H2,1H3/t11-,15+/m1/s1. The summed E-state index contributed by atoms with van der Waals surface area (Å²) in [5.41, 5.74) is 5.33. The van der Waals surface area contributed by atoms with Gasteiger partial charge < -0.3 is 4.74 Å². The van der Waals surface area contributed by atoms with Crippen LogP contribution in [0.1, 0.15) is 54.8 Å². The van der Waals surface area contributed by atoms with Gasteiger partial charge in [-0.3, -0.25) is 0 Å². The van der Waals surface area contributed by atoms with Crippen molar-refractivity contribution in [1.29, 1.82) is 0 Å². The van der Waals surface area contributed by atoms with Gasteiger partial charge in [0, 0.05) is 6.61 Å². The molecular formula is C18H20N4OS. The highest BCUT2D eigenvalue weighted by molar-refractivity contribution is 8.00. The van der Waals surface area contributed by atoms with Crippen LogP contribution in [0.4, 0.5) is 0 Å². The van der Waals surface area contributed by atoms with Gasteiger partial charge in [-0.2, -0.15) is 9.78 Å². The van der Waals surface area contributed by atoms with E-state index in [0.717, 1.165) is 36.1 Å². The van der Waals surface area contributed by atoms with E-state index in [-0.39, 0.29) is 11.4 Å². The topological polar surface area (TPSA) is 52.3 Å². The maximum absolute atomic E-state index is 5.79. The number of nitrogens with zero attached hydrogens (tertiary/aromatic N) is 4. The summed E-state index contributed by atoms with van der Waals surface area (Å²) in [6.45, 7) is 3.00. The van der Waals surface area contributed by atoms with E-state index in [0.29, 0.717) is 0 Å². The van der Waals surface area contributed by atoms with Gasteiger partial charge in [0.25, 0.3) is 0 Å². The number of aromatic nitrogens is 3. The zero-order valence-corrected chi connectivity index (χ0v) is 14.6.